The Balaban J connectivity index is 1.77. The molecule has 1 aliphatic carbocycles. The summed E-state index contributed by atoms with van der Waals surface area (Å²) >= 11 is 6.10. The van der Waals surface area contributed by atoms with Crippen molar-refractivity contribution in [2.45, 2.75) is 32.7 Å². The van der Waals surface area contributed by atoms with E-state index in [-0.39, 0.29) is 0 Å². The summed E-state index contributed by atoms with van der Waals surface area (Å²) in [7, 11) is 0. The van der Waals surface area contributed by atoms with Gasteiger partial charge in [0.1, 0.15) is 0 Å². The Morgan fingerprint density at radius 1 is 1.35 bits per heavy atom. The molecule has 0 heterocycles. The molecule has 0 spiro atoms. The summed E-state index contributed by atoms with van der Waals surface area (Å²) in [6.45, 7) is 4.06. The smallest absolute Gasteiger partial charge is 0.0438 e. The van der Waals surface area contributed by atoms with Gasteiger partial charge in [0.05, 0.1) is 0 Å². The summed E-state index contributed by atoms with van der Waals surface area (Å²) in [6.07, 6.45) is 8.37. The quantitative estimate of drug-likeness (QED) is 0.793. The van der Waals surface area contributed by atoms with E-state index >= 15 is 0 Å². The SMILES string of the molecule is Cc1ccc(CNCC2CC=CCC2)cc1Cl. The average Bonchev–Trinajstić information content (AvgIpc) is 2.35. The maximum atomic E-state index is 6.10. The minimum atomic E-state index is 0.806. The summed E-state index contributed by atoms with van der Waals surface area (Å²) < 4.78 is 0. The largest absolute Gasteiger partial charge is 0.312 e. The van der Waals surface area contributed by atoms with Crippen molar-refractivity contribution in [3.05, 3.63) is 46.5 Å². The minimum absolute atomic E-state index is 0.806. The molecule has 17 heavy (non-hydrogen) atoms. The molecule has 1 atom stereocenters. The molecule has 0 aliphatic heterocycles. The van der Waals surface area contributed by atoms with Gasteiger partial charge >= 0.3 is 0 Å². The van der Waals surface area contributed by atoms with Gasteiger partial charge in [0.2, 0.25) is 0 Å². The molecule has 0 aromatic heterocycles. The van der Waals surface area contributed by atoms with Crippen molar-refractivity contribution in [1.82, 2.24) is 5.32 Å². The van der Waals surface area contributed by atoms with Gasteiger partial charge in [-0.2, -0.15) is 0 Å². The average molecular weight is 250 g/mol. The summed E-state index contributed by atoms with van der Waals surface area (Å²) in [5.41, 5.74) is 2.42. The molecule has 2 rings (SSSR count). The number of allylic oxidation sites excluding steroid dienone is 2. The summed E-state index contributed by atoms with van der Waals surface area (Å²) in [6, 6.07) is 6.29. The molecule has 0 fully saturated rings. The molecule has 1 aromatic rings. The molecule has 1 unspecified atom stereocenters. The van der Waals surface area contributed by atoms with Crippen LogP contribution in [0.25, 0.3) is 0 Å². The first-order chi connectivity index (χ1) is 8.25. The van der Waals surface area contributed by atoms with Gasteiger partial charge in [-0.05, 0) is 55.8 Å². The number of nitrogens with one attached hydrogen (secondary N) is 1. The van der Waals surface area contributed by atoms with Crippen LogP contribution in [-0.4, -0.2) is 6.54 Å². The molecule has 0 saturated carbocycles. The van der Waals surface area contributed by atoms with E-state index in [0.717, 1.165) is 29.6 Å². The van der Waals surface area contributed by atoms with E-state index < -0.39 is 0 Å². The lowest BCUT2D eigenvalue weighted by atomic mass is 9.94. The zero-order valence-electron chi connectivity index (χ0n) is 10.4. The Morgan fingerprint density at radius 3 is 2.94 bits per heavy atom. The monoisotopic (exact) mass is 249 g/mol. The van der Waals surface area contributed by atoms with E-state index in [0.29, 0.717) is 0 Å². The summed E-state index contributed by atoms with van der Waals surface area (Å²) in [4.78, 5) is 0. The van der Waals surface area contributed by atoms with Crippen molar-refractivity contribution in [2.24, 2.45) is 5.92 Å². The lowest BCUT2D eigenvalue weighted by molar-refractivity contribution is 0.440. The van der Waals surface area contributed by atoms with E-state index in [1.54, 1.807) is 0 Å². The molecule has 2 heteroatoms. The van der Waals surface area contributed by atoms with Crippen molar-refractivity contribution in [3.8, 4) is 0 Å². The Morgan fingerprint density at radius 2 is 2.24 bits per heavy atom. The molecular formula is C15H20ClN. The number of hydrogen-bond donors (Lipinski definition) is 1. The van der Waals surface area contributed by atoms with Crippen LogP contribution in [0.15, 0.2) is 30.4 Å². The molecule has 0 saturated heterocycles. The lowest BCUT2D eigenvalue weighted by Crippen LogP contribution is -2.23. The van der Waals surface area contributed by atoms with Gasteiger partial charge in [-0.15, -0.1) is 0 Å². The fraction of sp³-hybridized carbons (Fsp3) is 0.467. The maximum absolute atomic E-state index is 6.10. The fourth-order valence-electron chi connectivity index (χ4n) is 2.21. The predicted octanol–water partition coefficient (Wildman–Crippen LogP) is 4.09. The molecule has 0 bridgehead atoms. The first-order valence-corrected chi connectivity index (χ1v) is 6.74. The van der Waals surface area contributed by atoms with Crippen LogP contribution < -0.4 is 5.32 Å². The third-order valence-corrected chi connectivity index (χ3v) is 3.78. The van der Waals surface area contributed by atoms with Crippen LogP contribution in [0.4, 0.5) is 0 Å². The van der Waals surface area contributed by atoms with Crippen molar-refractivity contribution < 1.29 is 0 Å². The van der Waals surface area contributed by atoms with Gasteiger partial charge in [-0.25, -0.2) is 0 Å². The van der Waals surface area contributed by atoms with Crippen LogP contribution in [0.2, 0.25) is 5.02 Å². The van der Waals surface area contributed by atoms with Crippen LogP contribution in [-0.2, 0) is 6.54 Å². The maximum Gasteiger partial charge on any atom is 0.0438 e. The van der Waals surface area contributed by atoms with Gasteiger partial charge in [0.25, 0.3) is 0 Å². The third-order valence-electron chi connectivity index (χ3n) is 3.38. The molecule has 1 aromatic carbocycles. The highest BCUT2D eigenvalue weighted by Crippen LogP contribution is 2.18. The van der Waals surface area contributed by atoms with Gasteiger partial charge in [-0.3, -0.25) is 0 Å². The molecule has 0 amide bonds. The van der Waals surface area contributed by atoms with Gasteiger partial charge in [-0.1, -0.05) is 35.9 Å². The second-order valence-corrected chi connectivity index (χ2v) is 5.27. The van der Waals surface area contributed by atoms with E-state index in [4.69, 9.17) is 11.6 Å². The van der Waals surface area contributed by atoms with Crippen LogP contribution >= 0.6 is 11.6 Å². The zero-order valence-corrected chi connectivity index (χ0v) is 11.1. The van der Waals surface area contributed by atoms with E-state index in [9.17, 15) is 0 Å². The number of benzene rings is 1. The van der Waals surface area contributed by atoms with Gasteiger partial charge in [0, 0.05) is 11.6 Å². The van der Waals surface area contributed by atoms with Crippen molar-refractivity contribution >= 4 is 11.6 Å². The first-order valence-electron chi connectivity index (χ1n) is 6.36. The first kappa shape index (κ1) is 12.7. The highest BCUT2D eigenvalue weighted by Gasteiger charge is 2.08. The zero-order chi connectivity index (χ0) is 12.1. The van der Waals surface area contributed by atoms with Crippen LogP contribution in [0, 0.1) is 12.8 Å². The molecule has 0 radical (unpaired) electrons. The standard InChI is InChI=1S/C15H20ClN/c1-12-7-8-14(9-15(12)16)11-17-10-13-5-3-2-4-6-13/h2-3,7-9,13,17H,4-6,10-11H2,1H3. The second-order valence-electron chi connectivity index (χ2n) is 4.86. The number of hydrogen-bond acceptors (Lipinski definition) is 1. The number of aryl methyl sites for hydroxylation is 1. The molecule has 92 valence electrons. The third kappa shape index (κ3) is 3.86. The fourth-order valence-corrected chi connectivity index (χ4v) is 2.41. The van der Waals surface area contributed by atoms with Crippen molar-refractivity contribution in [3.63, 3.8) is 0 Å². The molecular weight excluding hydrogens is 230 g/mol. The van der Waals surface area contributed by atoms with Crippen LogP contribution in [0.5, 0.6) is 0 Å². The highest BCUT2D eigenvalue weighted by molar-refractivity contribution is 6.31. The second kappa shape index (κ2) is 6.23. The Hall–Kier alpha value is -0.790. The predicted molar refractivity (Wildman–Crippen MR) is 74.4 cm³/mol. The van der Waals surface area contributed by atoms with E-state index in [1.165, 1.54) is 24.8 Å². The van der Waals surface area contributed by atoms with Crippen molar-refractivity contribution in [1.29, 1.82) is 0 Å². The summed E-state index contributed by atoms with van der Waals surface area (Å²) in [5, 5.41) is 4.39. The van der Waals surface area contributed by atoms with Gasteiger partial charge in [0.15, 0.2) is 0 Å². The Bertz CT molecular complexity index is 398. The molecule has 1 nitrogen and oxygen atoms in total. The van der Waals surface area contributed by atoms with E-state index in [1.807, 2.05) is 6.92 Å². The number of rotatable bonds is 4. The lowest BCUT2D eigenvalue weighted by Gasteiger charge is -2.18. The minimum Gasteiger partial charge on any atom is -0.312 e. The van der Waals surface area contributed by atoms with Crippen LogP contribution in [0.3, 0.4) is 0 Å². The summed E-state index contributed by atoms with van der Waals surface area (Å²) in [5.74, 6) is 0.806. The van der Waals surface area contributed by atoms with Gasteiger partial charge < -0.3 is 5.32 Å². The Kier molecular flexibility index (Phi) is 4.64. The number of halogens is 1. The van der Waals surface area contributed by atoms with Crippen molar-refractivity contribution in [2.75, 3.05) is 6.54 Å². The Labute approximate surface area is 109 Å². The van der Waals surface area contributed by atoms with E-state index in [2.05, 4.69) is 35.7 Å². The normalized spacial score (nSPS) is 19.5. The molecule has 1 aliphatic rings. The highest BCUT2D eigenvalue weighted by atomic mass is 35.5. The van der Waals surface area contributed by atoms with Crippen LogP contribution in [0.1, 0.15) is 30.4 Å². The topological polar surface area (TPSA) is 12.0 Å². The molecule has 1 N–H and O–H groups in total.